The largest absolute Gasteiger partial charge is 0.343 e. The second-order valence-corrected chi connectivity index (χ2v) is 9.87. The molecule has 2 fully saturated rings. The summed E-state index contributed by atoms with van der Waals surface area (Å²) in [7, 11) is 0. The Morgan fingerprint density at radius 1 is 0.970 bits per heavy atom. The molecular formula is C27H32N6. The summed E-state index contributed by atoms with van der Waals surface area (Å²) in [4.78, 5) is 17.1. The van der Waals surface area contributed by atoms with Crippen molar-refractivity contribution in [3.8, 4) is 0 Å². The zero-order valence-corrected chi connectivity index (χ0v) is 19.2. The summed E-state index contributed by atoms with van der Waals surface area (Å²) < 4.78 is 0. The highest BCUT2D eigenvalue weighted by Crippen LogP contribution is 2.42. The van der Waals surface area contributed by atoms with Crippen molar-refractivity contribution in [1.29, 1.82) is 0 Å². The number of benzene rings is 1. The average Bonchev–Trinajstić information content (AvgIpc) is 3.66. The lowest BCUT2D eigenvalue weighted by atomic mass is 9.74. The van der Waals surface area contributed by atoms with E-state index in [-0.39, 0.29) is 11.0 Å². The SMILES string of the molecule is C[C@@]1(c2ncc(C3(c4cnc([C@@H]5CCCN5)[nH]4)C=CC(c4ccccc4)=CC3)[nH]2)CCCN1. The van der Waals surface area contributed by atoms with E-state index in [1.807, 2.05) is 12.4 Å². The first-order chi connectivity index (χ1) is 16.2. The number of aromatic amines is 2. The standard InChI is InChI=1S/C27H32N6/c1-26(12-6-16-31-26)25-30-18-23(33-25)27(22-17-29-24(32-22)21-9-5-15-28-21)13-10-20(11-14-27)19-7-3-2-4-8-19/h2-4,7-8,10-11,13,17-18,21,28,31H,5-6,9,12,14-16H2,1H3,(H,29,32)(H,30,33)/t21-,26-,27?/m0/s1. The van der Waals surface area contributed by atoms with Crippen molar-refractivity contribution in [3.05, 3.63) is 89.6 Å². The number of aromatic nitrogens is 4. The Kier molecular flexibility index (Phi) is 5.07. The lowest BCUT2D eigenvalue weighted by molar-refractivity contribution is 0.409. The molecule has 2 aromatic heterocycles. The predicted octanol–water partition coefficient (Wildman–Crippen LogP) is 4.49. The van der Waals surface area contributed by atoms with Crippen LogP contribution in [0.15, 0.2) is 61.0 Å². The van der Waals surface area contributed by atoms with E-state index >= 15 is 0 Å². The van der Waals surface area contributed by atoms with Crippen molar-refractivity contribution < 1.29 is 0 Å². The van der Waals surface area contributed by atoms with Crippen LogP contribution >= 0.6 is 0 Å². The number of nitrogens with one attached hydrogen (secondary N) is 4. The summed E-state index contributed by atoms with van der Waals surface area (Å²) >= 11 is 0. The van der Waals surface area contributed by atoms with Gasteiger partial charge in [-0.25, -0.2) is 9.97 Å². The van der Waals surface area contributed by atoms with Crippen LogP contribution in [0, 0.1) is 0 Å². The van der Waals surface area contributed by atoms with E-state index in [1.54, 1.807) is 0 Å². The van der Waals surface area contributed by atoms with Crippen LogP contribution in [-0.2, 0) is 11.0 Å². The summed E-state index contributed by atoms with van der Waals surface area (Å²) in [6.07, 6.45) is 16.4. The van der Waals surface area contributed by atoms with Gasteiger partial charge in [0.2, 0.25) is 0 Å². The van der Waals surface area contributed by atoms with Crippen molar-refractivity contribution in [3.63, 3.8) is 0 Å². The maximum Gasteiger partial charge on any atom is 0.126 e. The molecule has 0 amide bonds. The highest BCUT2D eigenvalue weighted by molar-refractivity contribution is 5.76. The Hall–Kier alpha value is -2.96. The number of hydrogen-bond donors (Lipinski definition) is 4. The third-order valence-electron chi connectivity index (χ3n) is 7.71. The Labute approximate surface area is 195 Å². The van der Waals surface area contributed by atoms with Gasteiger partial charge in [0, 0.05) is 12.4 Å². The van der Waals surface area contributed by atoms with Gasteiger partial charge in [-0.15, -0.1) is 0 Å². The summed E-state index contributed by atoms with van der Waals surface area (Å²) in [5.74, 6) is 2.06. The molecule has 0 saturated carbocycles. The van der Waals surface area contributed by atoms with Crippen molar-refractivity contribution in [2.24, 2.45) is 0 Å². The molecule has 0 spiro atoms. The summed E-state index contributed by atoms with van der Waals surface area (Å²) in [6.45, 7) is 4.35. The third kappa shape index (κ3) is 3.58. The van der Waals surface area contributed by atoms with Gasteiger partial charge in [0.1, 0.15) is 11.6 Å². The molecule has 2 saturated heterocycles. The molecule has 3 aromatic rings. The van der Waals surface area contributed by atoms with E-state index in [1.165, 1.54) is 24.0 Å². The molecule has 3 aliphatic rings. The lowest BCUT2D eigenvalue weighted by Gasteiger charge is -2.31. The topological polar surface area (TPSA) is 81.4 Å². The predicted molar refractivity (Wildman–Crippen MR) is 131 cm³/mol. The molecule has 0 radical (unpaired) electrons. The summed E-state index contributed by atoms with van der Waals surface area (Å²) in [5, 5.41) is 7.20. The van der Waals surface area contributed by atoms with E-state index in [0.29, 0.717) is 6.04 Å². The van der Waals surface area contributed by atoms with E-state index in [9.17, 15) is 0 Å². The Balaban J connectivity index is 1.39. The third-order valence-corrected chi connectivity index (χ3v) is 7.71. The van der Waals surface area contributed by atoms with Crippen molar-refractivity contribution in [2.45, 2.75) is 56.0 Å². The zero-order valence-electron chi connectivity index (χ0n) is 19.2. The molecule has 1 aromatic carbocycles. The molecule has 33 heavy (non-hydrogen) atoms. The number of allylic oxidation sites excluding steroid dienone is 4. The fourth-order valence-corrected chi connectivity index (χ4v) is 5.61. The second-order valence-electron chi connectivity index (χ2n) is 9.87. The lowest BCUT2D eigenvalue weighted by Crippen LogP contribution is -2.35. The molecule has 1 aliphatic carbocycles. The van der Waals surface area contributed by atoms with Crippen LogP contribution in [0.25, 0.3) is 5.57 Å². The first-order valence-electron chi connectivity index (χ1n) is 12.2. The van der Waals surface area contributed by atoms with Gasteiger partial charge in [-0.2, -0.15) is 0 Å². The van der Waals surface area contributed by atoms with Crippen LogP contribution in [0.3, 0.4) is 0 Å². The van der Waals surface area contributed by atoms with Gasteiger partial charge in [-0.05, 0) is 63.3 Å². The highest BCUT2D eigenvalue weighted by Gasteiger charge is 2.39. The van der Waals surface area contributed by atoms with Gasteiger partial charge in [0.05, 0.1) is 28.4 Å². The van der Waals surface area contributed by atoms with Crippen molar-refractivity contribution in [1.82, 2.24) is 30.6 Å². The van der Waals surface area contributed by atoms with Gasteiger partial charge in [-0.3, -0.25) is 0 Å². The molecule has 170 valence electrons. The van der Waals surface area contributed by atoms with Gasteiger partial charge in [0.15, 0.2) is 0 Å². The van der Waals surface area contributed by atoms with E-state index < -0.39 is 0 Å². The molecule has 6 nitrogen and oxygen atoms in total. The molecule has 0 bridgehead atoms. The first-order valence-corrected chi connectivity index (χ1v) is 12.2. The van der Waals surface area contributed by atoms with Gasteiger partial charge >= 0.3 is 0 Å². The fourth-order valence-electron chi connectivity index (χ4n) is 5.61. The Morgan fingerprint density at radius 3 is 2.55 bits per heavy atom. The van der Waals surface area contributed by atoms with E-state index in [4.69, 9.17) is 9.97 Å². The molecule has 6 heteroatoms. The van der Waals surface area contributed by atoms with Gasteiger partial charge in [-0.1, -0.05) is 48.6 Å². The Morgan fingerprint density at radius 2 is 1.82 bits per heavy atom. The van der Waals surface area contributed by atoms with E-state index in [0.717, 1.165) is 55.4 Å². The number of rotatable bonds is 5. The molecule has 4 N–H and O–H groups in total. The molecule has 2 aliphatic heterocycles. The van der Waals surface area contributed by atoms with Crippen molar-refractivity contribution in [2.75, 3.05) is 13.1 Å². The Bertz CT molecular complexity index is 1170. The minimum absolute atomic E-state index is 0.0875. The number of hydrogen-bond acceptors (Lipinski definition) is 4. The fraction of sp³-hybridized carbons (Fsp3) is 0.407. The maximum atomic E-state index is 4.86. The van der Waals surface area contributed by atoms with Crippen LogP contribution in [-0.4, -0.2) is 33.0 Å². The number of H-pyrrole nitrogens is 2. The van der Waals surface area contributed by atoms with Crippen LogP contribution in [0.5, 0.6) is 0 Å². The van der Waals surface area contributed by atoms with Crippen LogP contribution < -0.4 is 10.6 Å². The van der Waals surface area contributed by atoms with Crippen LogP contribution in [0.4, 0.5) is 0 Å². The quantitative estimate of drug-likeness (QED) is 0.471. The normalized spacial score (nSPS) is 29.5. The zero-order chi connectivity index (χ0) is 22.3. The first kappa shape index (κ1) is 20.6. The smallest absolute Gasteiger partial charge is 0.126 e. The molecular weight excluding hydrogens is 408 g/mol. The number of nitrogens with zero attached hydrogens (tertiary/aromatic N) is 2. The minimum Gasteiger partial charge on any atom is -0.343 e. The summed E-state index contributed by atoms with van der Waals surface area (Å²) in [5.41, 5.74) is 4.30. The molecule has 6 rings (SSSR count). The second kappa shape index (κ2) is 8.12. The minimum atomic E-state index is -0.345. The molecule has 4 heterocycles. The van der Waals surface area contributed by atoms with Crippen molar-refractivity contribution >= 4 is 5.57 Å². The number of imidazole rings is 2. The average molecular weight is 441 g/mol. The molecule has 1 unspecified atom stereocenters. The van der Waals surface area contributed by atoms with Gasteiger partial charge in [0.25, 0.3) is 0 Å². The summed E-state index contributed by atoms with van der Waals surface area (Å²) in [6, 6.07) is 10.9. The van der Waals surface area contributed by atoms with Crippen LogP contribution in [0.2, 0.25) is 0 Å². The van der Waals surface area contributed by atoms with E-state index in [2.05, 4.69) is 76.1 Å². The molecule has 3 atom stereocenters. The van der Waals surface area contributed by atoms with Crippen LogP contribution in [0.1, 0.15) is 73.7 Å². The highest BCUT2D eigenvalue weighted by atomic mass is 15.1. The van der Waals surface area contributed by atoms with Gasteiger partial charge < -0.3 is 20.6 Å². The monoisotopic (exact) mass is 440 g/mol. The maximum absolute atomic E-state index is 4.86.